The number of pyridine rings is 1. The van der Waals surface area contributed by atoms with Crippen molar-refractivity contribution in [3.63, 3.8) is 0 Å². The van der Waals surface area contributed by atoms with Crippen molar-refractivity contribution in [3.05, 3.63) is 82.3 Å². The number of benzene rings is 2. The van der Waals surface area contributed by atoms with Crippen LogP contribution in [0.2, 0.25) is 5.02 Å². The molecule has 3 heterocycles. The van der Waals surface area contributed by atoms with Crippen LogP contribution in [0.25, 0.3) is 16.6 Å². The minimum atomic E-state index is -0.754. The molecule has 8 nitrogen and oxygen atoms in total. The van der Waals surface area contributed by atoms with Crippen LogP contribution in [0, 0.1) is 18.6 Å². The van der Waals surface area contributed by atoms with Gasteiger partial charge >= 0.3 is 0 Å². The van der Waals surface area contributed by atoms with Crippen molar-refractivity contribution in [2.75, 3.05) is 0 Å². The molecule has 39 heavy (non-hydrogen) atoms. The summed E-state index contributed by atoms with van der Waals surface area (Å²) in [6, 6.07) is 7.51. The summed E-state index contributed by atoms with van der Waals surface area (Å²) in [6.07, 6.45) is 2.40. The van der Waals surface area contributed by atoms with Crippen molar-refractivity contribution in [1.29, 1.82) is 0 Å². The lowest BCUT2D eigenvalue weighted by atomic mass is 9.96. The van der Waals surface area contributed by atoms with Gasteiger partial charge in [-0.1, -0.05) is 23.7 Å². The largest absolute Gasteiger partial charge is 0.487 e. The number of rotatable bonds is 6. The van der Waals surface area contributed by atoms with E-state index in [2.05, 4.69) is 15.4 Å². The lowest BCUT2D eigenvalue weighted by molar-refractivity contribution is -0.150. The lowest BCUT2D eigenvalue weighted by Crippen LogP contribution is -2.61. The number of hydrogen-bond acceptors (Lipinski definition) is 5. The number of halogens is 3. The number of carbonyl (C=O) groups excluding carboxylic acids is 2. The van der Waals surface area contributed by atoms with Crippen LogP contribution in [0.15, 0.2) is 48.8 Å². The molecule has 1 saturated heterocycles. The molecule has 2 aromatic carbocycles. The first-order valence-corrected chi connectivity index (χ1v) is 12.8. The zero-order valence-electron chi connectivity index (χ0n) is 21.7. The molecule has 2 amide bonds. The molecule has 202 valence electrons. The van der Waals surface area contributed by atoms with Crippen molar-refractivity contribution in [2.45, 2.75) is 52.4 Å². The summed E-state index contributed by atoms with van der Waals surface area (Å²) in [4.78, 5) is 31.5. The van der Waals surface area contributed by atoms with E-state index in [0.29, 0.717) is 39.2 Å². The summed E-state index contributed by atoms with van der Waals surface area (Å²) in [5.74, 6) is -1.18. The number of carbonyl (C=O) groups is 2. The minimum absolute atomic E-state index is 0.0581. The highest BCUT2D eigenvalue weighted by atomic mass is 35.5. The number of hydrogen-bond donors (Lipinski definition) is 1. The maximum absolute atomic E-state index is 14.6. The third kappa shape index (κ3) is 4.92. The fourth-order valence-electron chi connectivity index (χ4n) is 4.98. The number of para-hydroxylation sites is 1. The van der Waals surface area contributed by atoms with Crippen molar-refractivity contribution in [2.24, 2.45) is 0 Å². The molecule has 4 aromatic rings. The fourth-order valence-corrected chi connectivity index (χ4v) is 5.25. The Morgan fingerprint density at radius 2 is 1.92 bits per heavy atom. The maximum Gasteiger partial charge on any atom is 0.246 e. The molecular formula is C28H26ClF2N5O3. The summed E-state index contributed by atoms with van der Waals surface area (Å²) in [5, 5.41) is 7.54. The molecule has 0 unspecified atom stereocenters. The highest BCUT2D eigenvalue weighted by Crippen LogP contribution is 2.35. The Morgan fingerprint density at radius 3 is 2.64 bits per heavy atom. The van der Waals surface area contributed by atoms with E-state index in [1.54, 1.807) is 39.0 Å². The number of fused-ring (bicyclic) bond motifs is 1. The van der Waals surface area contributed by atoms with Gasteiger partial charge in [0.2, 0.25) is 11.8 Å². The van der Waals surface area contributed by atoms with Crippen molar-refractivity contribution in [3.8, 4) is 11.4 Å². The molecule has 1 aliphatic rings. The molecule has 1 N–H and O–H groups in total. The van der Waals surface area contributed by atoms with E-state index in [1.807, 2.05) is 13.0 Å². The standard InChI is InChI=1S/C28H26ClF2N5O3/c1-14-8-24(35-12-19(31)11-32-35)20-6-5-7-25(26(20)33-14)39-13-22-21(9-18(30)10-23(22)29)16(3)36-17(4)27(37)34-15(2)28(36)38/h5-12,15-17H,13H2,1-4H3,(H,34,37)/t15-,16+,17+/m1/s1. The Balaban J connectivity index is 1.52. The molecule has 0 bridgehead atoms. The zero-order chi connectivity index (χ0) is 28.0. The van der Waals surface area contributed by atoms with Gasteiger partial charge in [0.1, 0.15) is 35.8 Å². The Morgan fingerprint density at radius 1 is 1.15 bits per heavy atom. The van der Waals surface area contributed by atoms with Crippen LogP contribution in [0.4, 0.5) is 8.78 Å². The predicted octanol–water partition coefficient (Wildman–Crippen LogP) is 5.04. The molecule has 11 heteroatoms. The normalized spacial score (nSPS) is 18.4. The monoisotopic (exact) mass is 553 g/mol. The minimum Gasteiger partial charge on any atom is -0.487 e. The van der Waals surface area contributed by atoms with Gasteiger partial charge in [0, 0.05) is 16.6 Å². The molecule has 1 fully saturated rings. The van der Waals surface area contributed by atoms with Gasteiger partial charge in [0.15, 0.2) is 5.82 Å². The van der Waals surface area contributed by atoms with E-state index < -0.39 is 29.8 Å². The maximum atomic E-state index is 14.6. The van der Waals surface area contributed by atoms with Gasteiger partial charge in [-0.05, 0) is 57.5 Å². The van der Waals surface area contributed by atoms with E-state index in [-0.39, 0.29) is 23.4 Å². The Kier molecular flexibility index (Phi) is 6.98. The average molecular weight is 554 g/mol. The van der Waals surface area contributed by atoms with E-state index >= 15 is 0 Å². The summed E-state index contributed by atoms with van der Waals surface area (Å²) in [6.45, 7) is 6.71. The van der Waals surface area contributed by atoms with Crippen LogP contribution < -0.4 is 10.1 Å². The van der Waals surface area contributed by atoms with Gasteiger partial charge in [0.05, 0.1) is 29.1 Å². The van der Waals surface area contributed by atoms with Crippen molar-refractivity contribution in [1.82, 2.24) is 25.0 Å². The van der Waals surface area contributed by atoms with Gasteiger partial charge in [0.25, 0.3) is 0 Å². The van der Waals surface area contributed by atoms with Crippen LogP contribution in [-0.2, 0) is 16.2 Å². The first-order chi connectivity index (χ1) is 18.5. The first-order valence-electron chi connectivity index (χ1n) is 12.4. The molecule has 0 spiro atoms. The topological polar surface area (TPSA) is 89.4 Å². The summed E-state index contributed by atoms with van der Waals surface area (Å²) < 4.78 is 35.9. The van der Waals surface area contributed by atoms with Gasteiger partial charge in [-0.15, -0.1) is 0 Å². The molecule has 0 radical (unpaired) electrons. The Hall–Kier alpha value is -4.05. The molecule has 1 aliphatic heterocycles. The number of nitrogens with zero attached hydrogens (tertiary/aromatic N) is 4. The van der Waals surface area contributed by atoms with Crippen molar-refractivity contribution < 1.29 is 23.1 Å². The predicted molar refractivity (Wildman–Crippen MR) is 142 cm³/mol. The Labute approximate surface area is 228 Å². The molecule has 5 rings (SSSR count). The van der Waals surface area contributed by atoms with Gasteiger partial charge in [-0.3, -0.25) is 9.59 Å². The molecule has 0 saturated carbocycles. The van der Waals surface area contributed by atoms with Crippen LogP contribution in [0.1, 0.15) is 43.6 Å². The fraction of sp³-hybridized carbons (Fsp3) is 0.286. The van der Waals surface area contributed by atoms with Crippen LogP contribution >= 0.6 is 11.6 Å². The molecule has 2 aromatic heterocycles. The number of aromatic nitrogens is 3. The third-order valence-corrected chi connectivity index (χ3v) is 7.26. The highest BCUT2D eigenvalue weighted by Gasteiger charge is 2.39. The number of ether oxygens (including phenoxy) is 1. The van der Waals surface area contributed by atoms with E-state index in [1.165, 1.54) is 27.9 Å². The van der Waals surface area contributed by atoms with Crippen molar-refractivity contribution >= 4 is 34.3 Å². The van der Waals surface area contributed by atoms with Gasteiger partial charge in [-0.25, -0.2) is 18.4 Å². The quantitative estimate of drug-likeness (QED) is 0.361. The Bertz CT molecular complexity index is 1610. The van der Waals surface area contributed by atoms with E-state index in [0.717, 1.165) is 6.20 Å². The van der Waals surface area contributed by atoms with Gasteiger partial charge in [-0.2, -0.15) is 5.10 Å². The zero-order valence-corrected chi connectivity index (χ0v) is 22.5. The second kappa shape index (κ2) is 10.3. The smallest absolute Gasteiger partial charge is 0.246 e. The summed E-state index contributed by atoms with van der Waals surface area (Å²) in [7, 11) is 0. The van der Waals surface area contributed by atoms with Crippen LogP contribution in [-0.4, -0.2) is 43.6 Å². The number of piperazine rings is 1. The second-order valence-electron chi connectivity index (χ2n) is 9.61. The number of amides is 2. The van der Waals surface area contributed by atoms with Crippen LogP contribution in [0.3, 0.4) is 0 Å². The lowest BCUT2D eigenvalue weighted by Gasteiger charge is -2.40. The third-order valence-electron chi connectivity index (χ3n) is 6.92. The van der Waals surface area contributed by atoms with E-state index in [4.69, 9.17) is 16.3 Å². The first kappa shape index (κ1) is 26.6. The van der Waals surface area contributed by atoms with E-state index in [9.17, 15) is 18.4 Å². The summed E-state index contributed by atoms with van der Waals surface area (Å²) in [5.41, 5.74) is 2.73. The molecular weight excluding hydrogens is 528 g/mol. The molecule has 3 atom stereocenters. The van der Waals surface area contributed by atoms with Crippen LogP contribution in [0.5, 0.6) is 5.75 Å². The second-order valence-corrected chi connectivity index (χ2v) is 10.0. The van der Waals surface area contributed by atoms with Gasteiger partial charge < -0.3 is 15.0 Å². The molecule has 0 aliphatic carbocycles. The number of aryl methyl sites for hydroxylation is 1. The highest BCUT2D eigenvalue weighted by molar-refractivity contribution is 6.31. The average Bonchev–Trinajstić information content (AvgIpc) is 3.32. The summed E-state index contributed by atoms with van der Waals surface area (Å²) >= 11 is 6.50. The number of nitrogens with one attached hydrogen (secondary N) is 1. The SMILES string of the molecule is Cc1cc(-n2cc(F)cn2)c2cccc(OCc3c(Cl)cc(F)cc3[C@H](C)N3C(=O)[C@@H](C)NC(=O)[C@@H]3C)c2n1.